The van der Waals surface area contributed by atoms with Crippen molar-refractivity contribution in [2.75, 3.05) is 35.0 Å². The van der Waals surface area contributed by atoms with Crippen LogP contribution in [0.25, 0.3) is 0 Å². The van der Waals surface area contributed by atoms with Gasteiger partial charge in [0, 0.05) is 30.6 Å². The van der Waals surface area contributed by atoms with Gasteiger partial charge in [0.1, 0.15) is 23.0 Å². The van der Waals surface area contributed by atoms with Crippen LogP contribution in [0.2, 0.25) is 0 Å². The van der Waals surface area contributed by atoms with Crippen molar-refractivity contribution in [3.05, 3.63) is 46.5 Å². The lowest BCUT2D eigenvalue weighted by Crippen LogP contribution is -2.46. The molecule has 1 aromatic heterocycles. The number of rotatable bonds is 10. The number of benzene rings is 1. The Morgan fingerprint density at radius 2 is 1.81 bits per heavy atom. The second-order valence-electron chi connectivity index (χ2n) is 8.57. The first-order valence-electron chi connectivity index (χ1n) is 12.1. The van der Waals surface area contributed by atoms with Crippen molar-refractivity contribution in [3.8, 4) is 12.1 Å². The topological polar surface area (TPSA) is 165 Å². The fourth-order valence-electron chi connectivity index (χ4n) is 4.11. The predicted molar refractivity (Wildman–Crippen MR) is 145 cm³/mol. The van der Waals surface area contributed by atoms with Crippen LogP contribution in [0.3, 0.4) is 0 Å². The Hall–Kier alpha value is -3.32. The maximum Gasteiger partial charge on any atom is 0.233 e. The minimum Gasteiger partial charge on any atom is -0.355 e. The number of piperidine rings is 1. The number of nitrogens with one attached hydrogen (secondary N) is 2. The third-order valence-electron chi connectivity index (χ3n) is 6.15. The number of nitrogens with two attached hydrogens (primary N) is 1. The van der Waals surface area contributed by atoms with Crippen LogP contribution in [0.15, 0.2) is 29.3 Å². The summed E-state index contributed by atoms with van der Waals surface area (Å²) < 4.78 is 26.1. The fraction of sp³-hybridized carbons (Fsp3) is 0.440. The molecule has 10 nitrogen and oxygen atoms in total. The number of carbonyl (C=O) groups excluding carboxylic acids is 1. The normalized spacial score (nSPS) is 14.0. The van der Waals surface area contributed by atoms with E-state index in [9.17, 15) is 23.7 Å². The molecule has 0 spiro atoms. The molecule has 1 aliphatic rings. The number of carbonyl (C=O) groups is 1. The lowest BCUT2D eigenvalue weighted by molar-refractivity contribution is -0.120. The first-order valence-corrected chi connectivity index (χ1v) is 14.7. The molecule has 1 fully saturated rings. The van der Waals surface area contributed by atoms with Crippen LogP contribution in [0, 0.1) is 22.7 Å². The summed E-state index contributed by atoms with van der Waals surface area (Å²) in [5.74, 6) is 0.891. The predicted octanol–water partition coefficient (Wildman–Crippen LogP) is 2.48. The molecule has 0 unspecified atom stereocenters. The van der Waals surface area contributed by atoms with Gasteiger partial charge in [-0.15, -0.1) is 11.8 Å². The molecule has 1 aliphatic heterocycles. The number of hydrogen-bond acceptors (Lipinski definition) is 9. The molecular weight excluding hydrogens is 510 g/mol. The van der Waals surface area contributed by atoms with Gasteiger partial charge in [0.15, 0.2) is 0 Å². The van der Waals surface area contributed by atoms with Crippen LogP contribution in [0.1, 0.15) is 48.9 Å². The van der Waals surface area contributed by atoms with E-state index in [4.69, 9.17) is 10.7 Å². The third-order valence-corrected chi connectivity index (χ3v) is 8.51. The zero-order chi connectivity index (χ0) is 27.0. The minimum atomic E-state index is -3.35. The van der Waals surface area contributed by atoms with E-state index in [0.717, 1.165) is 5.56 Å². The van der Waals surface area contributed by atoms with Gasteiger partial charge in [0.2, 0.25) is 15.9 Å². The molecule has 0 radical (unpaired) electrons. The van der Waals surface area contributed by atoms with Crippen LogP contribution >= 0.6 is 11.8 Å². The van der Waals surface area contributed by atoms with Crippen molar-refractivity contribution in [1.82, 2.24) is 10.3 Å². The number of amides is 1. The van der Waals surface area contributed by atoms with E-state index in [-0.39, 0.29) is 24.2 Å². The maximum atomic E-state index is 11.8. The van der Waals surface area contributed by atoms with Gasteiger partial charge in [-0.05, 0) is 49.4 Å². The second kappa shape index (κ2) is 12.8. The maximum absolute atomic E-state index is 11.8. The standard InChI is InChI=1S/C25H31N7O3S2/c1-3-20-21(13-26)24(32-11-9-18(10-12-32)29-23(33)15-28)30-25(22(20)14-27)36-16-17-5-7-19(8-6-17)31-37(34,35)4-2/h5-8,18,31H,3-4,9-12,15-16,28H2,1-2H3,(H,29,33). The number of nitrogens with zero attached hydrogens (tertiary/aromatic N) is 4. The Morgan fingerprint density at radius 3 is 2.35 bits per heavy atom. The van der Waals surface area contributed by atoms with Crippen LogP contribution < -0.4 is 20.7 Å². The highest BCUT2D eigenvalue weighted by Crippen LogP contribution is 2.34. The van der Waals surface area contributed by atoms with Crippen molar-refractivity contribution in [1.29, 1.82) is 10.5 Å². The Bertz CT molecular complexity index is 1310. The number of pyridine rings is 1. The van der Waals surface area contributed by atoms with Gasteiger partial charge < -0.3 is 16.0 Å². The first-order chi connectivity index (χ1) is 17.7. The van der Waals surface area contributed by atoms with E-state index < -0.39 is 10.0 Å². The second-order valence-corrected chi connectivity index (χ2v) is 11.5. The van der Waals surface area contributed by atoms with Crippen molar-refractivity contribution in [3.63, 3.8) is 0 Å². The smallest absolute Gasteiger partial charge is 0.233 e. The Labute approximate surface area is 222 Å². The highest BCUT2D eigenvalue weighted by molar-refractivity contribution is 7.98. The summed E-state index contributed by atoms with van der Waals surface area (Å²) in [7, 11) is -3.35. The molecule has 0 atom stereocenters. The number of anilines is 2. The first kappa shape index (κ1) is 28.3. The summed E-state index contributed by atoms with van der Waals surface area (Å²) in [5.41, 5.74) is 8.34. The molecule has 0 bridgehead atoms. The zero-order valence-corrected chi connectivity index (χ0v) is 22.6. The summed E-state index contributed by atoms with van der Waals surface area (Å²) in [4.78, 5) is 18.5. The van der Waals surface area contributed by atoms with E-state index in [0.29, 0.717) is 71.3 Å². The summed E-state index contributed by atoms with van der Waals surface area (Å²) in [6, 6.07) is 11.6. The van der Waals surface area contributed by atoms with E-state index in [2.05, 4.69) is 22.2 Å². The van der Waals surface area contributed by atoms with Gasteiger partial charge in [-0.3, -0.25) is 9.52 Å². The summed E-state index contributed by atoms with van der Waals surface area (Å²) in [5, 5.41) is 23.3. The molecule has 196 valence electrons. The lowest BCUT2D eigenvalue weighted by atomic mass is 10.00. The van der Waals surface area contributed by atoms with E-state index >= 15 is 0 Å². The van der Waals surface area contributed by atoms with Crippen LogP contribution in [0.4, 0.5) is 11.5 Å². The molecule has 37 heavy (non-hydrogen) atoms. The van der Waals surface area contributed by atoms with Crippen LogP contribution in [0.5, 0.6) is 0 Å². The highest BCUT2D eigenvalue weighted by Gasteiger charge is 2.27. The summed E-state index contributed by atoms with van der Waals surface area (Å²) >= 11 is 1.41. The molecule has 0 aliphatic carbocycles. The minimum absolute atomic E-state index is 0.00595. The number of nitriles is 2. The van der Waals surface area contributed by atoms with Gasteiger partial charge in [-0.1, -0.05) is 19.1 Å². The molecule has 3 rings (SSSR count). The van der Waals surface area contributed by atoms with Gasteiger partial charge in [-0.25, -0.2) is 13.4 Å². The summed E-state index contributed by atoms with van der Waals surface area (Å²) in [6.45, 7) is 4.68. The Morgan fingerprint density at radius 1 is 1.16 bits per heavy atom. The Kier molecular flexibility index (Phi) is 9.75. The number of hydrogen-bond donors (Lipinski definition) is 3. The number of aromatic nitrogens is 1. The van der Waals surface area contributed by atoms with Crippen molar-refractivity contribution >= 4 is 39.2 Å². The third kappa shape index (κ3) is 7.13. The number of sulfonamides is 1. The highest BCUT2D eigenvalue weighted by atomic mass is 32.2. The van der Waals surface area contributed by atoms with Gasteiger partial charge in [-0.2, -0.15) is 10.5 Å². The van der Waals surface area contributed by atoms with E-state index in [1.54, 1.807) is 19.1 Å². The van der Waals surface area contributed by atoms with Gasteiger partial charge in [0.05, 0.1) is 23.4 Å². The lowest BCUT2D eigenvalue weighted by Gasteiger charge is -2.34. The molecular formula is C25H31N7O3S2. The van der Waals surface area contributed by atoms with Gasteiger partial charge in [0.25, 0.3) is 0 Å². The van der Waals surface area contributed by atoms with Crippen LogP contribution in [-0.4, -0.2) is 50.7 Å². The number of thioether (sulfide) groups is 1. The molecule has 1 amide bonds. The Balaban J connectivity index is 1.82. The van der Waals surface area contributed by atoms with Crippen molar-refractivity contribution < 1.29 is 13.2 Å². The van der Waals surface area contributed by atoms with Gasteiger partial charge >= 0.3 is 0 Å². The largest absolute Gasteiger partial charge is 0.355 e. The van der Waals surface area contributed by atoms with Crippen molar-refractivity contribution in [2.24, 2.45) is 5.73 Å². The molecule has 2 heterocycles. The molecule has 4 N–H and O–H groups in total. The van der Waals surface area contributed by atoms with E-state index in [1.165, 1.54) is 11.8 Å². The quantitative estimate of drug-likeness (QED) is 0.383. The zero-order valence-electron chi connectivity index (χ0n) is 21.0. The van der Waals surface area contributed by atoms with Crippen LogP contribution in [-0.2, 0) is 27.0 Å². The molecule has 1 saturated heterocycles. The average molecular weight is 542 g/mol. The molecule has 1 aromatic carbocycles. The summed E-state index contributed by atoms with van der Waals surface area (Å²) in [6.07, 6.45) is 1.93. The molecule has 12 heteroatoms. The SMILES string of the molecule is CCc1c(C#N)c(SCc2ccc(NS(=O)(=O)CC)cc2)nc(N2CCC(NC(=O)CN)CC2)c1C#N. The average Bonchev–Trinajstić information content (AvgIpc) is 2.91. The fourth-order valence-corrected chi connectivity index (χ4v) is 5.71. The molecule has 0 saturated carbocycles. The van der Waals surface area contributed by atoms with E-state index in [1.807, 2.05) is 24.0 Å². The van der Waals surface area contributed by atoms with Crippen molar-refractivity contribution in [2.45, 2.75) is 49.9 Å². The molecule has 2 aromatic rings. The monoisotopic (exact) mass is 541 g/mol.